The van der Waals surface area contributed by atoms with E-state index in [1.807, 2.05) is 6.92 Å². The second kappa shape index (κ2) is 9.67. The highest BCUT2D eigenvalue weighted by atomic mass is 32.2. The van der Waals surface area contributed by atoms with Gasteiger partial charge in [0.1, 0.15) is 11.3 Å². The molecule has 2 aliphatic rings. The van der Waals surface area contributed by atoms with Crippen molar-refractivity contribution in [2.24, 2.45) is 0 Å². The van der Waals surface area contributed by atoms with Gasteiger partial charge in [0, 0.05) is 36.3 Å². The maximum atomic E-state index is 13.3. The van der Waals surface area contributed by atoms with Gasteiger partial charge in [-0.05, 0) is 62.7 Å². The number of piperidine rings is 1. The smallest absolute Gasteiger partial charge is 0.258 e. The van der Waals surface area contributed by atoms with E-state index in [1.54, 1.807) is 24.3 Å². The van der Waals surface area contributed by atoms with Gasteiger partial charge in [0.15, 0.2) is 5.75 Å². The number of aromatic hydroxyl groups is 1. The van der Waals surface area contributed by atoms with Gasteiger partial charge in [-0.2, -0.15) is 0 Å². The molecule has 0 aliphatic carbocycles. The molecule has 1 saturated heterocycles. The minimum Gasteiger partial charge on any atom is -0.505 e. The third-order valence-electron chi connectivity index (χ3n) is 7.01. The number of sulfonamides is 1. The van der Waals surface area contributed by atoms with Gasteiger partial charge in [0.2, 0.25) is 10.0 Å². The minimum atomic E-state index is -3.78. The zero-order valence-electron chi connectivity index (χ0n) is 20.1. The molecule has 3 heterocycles. The molecule has 1 fully saturated rings. The van der Waals surface area contributed by atoms with Gasteiger partial charge < -0.3 is 10.0 Å². The molecule has 0 radical (unpaired) electrons. The van der Waals surface area contributed by atoms with E-state index in [9.17, 15) is 22.7 Å². The third kappa shape index (κ3) is 4.75. The third-order valence-corrected chi connectivity index (χ3v) is 8.45. The van der Waals surface area contributed by atoms with Crippen LogP contribution < -0.4 is 4.72 Å². The first-order valence-corrected chi connectivity index (χ1v) is 13.8. The van der Waals surface area contributed by atoms with Crippen molar-refractivity contribution in [2.45, 2.75) is 45.3 Å². The molecular weight excluding hydrogens is 483 g/mol. The molecule has 8 nitrogen and oxygen atoms in total. The fraction of sp³-hybridized carbons (Fsp3) is 0.385. The second-order valence-electron chi connectivity index (χ2n) is 9.59. The van der Waals surface area contributed by atoms with Gasteiger partial charge in [0.05, 0.1) is 17.0 Å². The molecule has 1 aromatic heterocycles. The molecule has 5 rings (SSSR count). The number of carbonyl (C=O) groups is 1. The summed E-state index contributed by atoms with van der Waals surface area (Å²) in [4.78, 5) is 21.2. The number of amides is 1. The molecular formula is C26H29FN4O4S. The Labute approximate surface area is 209 Å². The van der Waals surface area contributed by atoms with E-state index < -0.39 is 15.9 Å². The fourth-order valence-corrected chi connectivity index (χ4v) is 6.66. The highest BCUT2D eigenvalue weighted by Gasteiger charge is 2.36. The topological polar surface area (TPSA) is 103 Å². The van der Waals surface area contributed by atoms with Crippen molar-refractivity contribution in [1.29, 1.82) is 0 Å². The quantitative estimate of drug-likeness (QED) is 0.466. The molecule has 190 valence electrons. The number of likely N-dealkylation sites (tertiary alicyclic amines) is 1. The molecule has 10 heteroatoms. The van der Waals surface area contributed by atoms with Crippen LogP contribution in [0.1, 0.15) is 47.7 Å². The number of phenols is 1. The Morgan fingerprint density at radius 2 is 1.86 bits per heavy atom. The van der Waals surface area contributed by atoms with Gasteiger partial charge in [-0.1, -0.05) is 18.6 Å². The molecule has 3 aromatic rings. The summed E-state index contributed by atoms with van der Waals surface area (Å²) in [7, 11) is -3.78. The monoisotopic (exact) mass is 512 g/mol. The van der Waals surface area contributed by atoms with Crippen LogP contribution in [0.25, 0.3) is 10.9 Å². The number of nitrogens with zero attached hydrogens (tertiary/aromatic N) is 3. The van der Waals surface area contributed by atoms with Crippen LogP contribution in [-0.2, 0) is 23.1 Å². The molecule has 36 heavy (non-hydrogen) atoms. The van der Waals surface area contributed by atoms with Crippen molar-refractivity contribution in [3.8, 4) is 5.75 Å². The number of benzene rings is 2. The molecule has 2 N–H and O–H groups in total. The molecule has 1 amide bonds. The first-order valence-electron chi connectivity index (χ1n) is 12.1. The Hall–Kier alpha value is -3.24. The van der Waals surface area contributed by atoms with Crippen LogP contribution in [0, 0.1) is 5.82 Å². The van der Waals surface area contributed by atoms with E-state index in [1.165, 1.54) is 23.2 Å². The molecule has 0 bridgehead atoms. The van der Waals surface area contributed by atoms with Crippen LogP contribution in [0.3, 0.4) is 0 Å². The van der Waals surface area contributed by atoms with Crippen molar-refractivity contribution in [3.63, 3.8) is 0 Å². The number of halogens is 1. The number of rotatable bonds is 7. The van der Waals surface area contributed by atoms with E-state index in [2.05, 4.69) is 14.6 Å². The summed E-state index contributed by atoms with van der Waals surface area (Å²) in [6.45, 7) is 3.97. The normalized spacial score (nSPS) is 17.4. The van der Waals surface area contributed by atoms with Crippen LogP contribution in [0.4, 0.5) is 10.1 Å². The van der Waals surface area contributed by atoms with Crippen LogP contribution in [-0.4, -0.2) is 59.1 Å². The Kier molecular flexibility index (Phi) is 6.57. The lowest BCUT2D eigenvalue weighted by Gasteiger charge is -2.32. The van der Waals surface area contributed by atoms with E-state index in [4.69, 9.17) is 0 Å². The predicted molar refractivity (Wildman–Crippen MR) is 136 cm³/mol. The number of carbonyl (C=O) groups excluding carboxylic acids is 1. The van der Waals surface area contributed by atoms with Gasteiger partial charge in [0.25, 0.3) is 5.91 Å². The van der Waals surface area contributed by atoms with Crippen LogP contribution in [0.2, 0.25) is 0 Å². The number of anilines is 1. The van der Waals surface area contributed by atoms with Crippen molar-refractivity contribution in [1.82, 2.24) is 14.8 Å². The first kappa shape index (κ1) is 24.5. The molecule has 1 unspecified atom stereocenters. The lowest BCUT2D eigenvalue weighted by Crippen LogP contribution is -2.42. The molecule has 0 saturated carbocycles. The fourth-order valence-electron chi connectivity index (χ4n) is 5.19. The maximum Gasteiger partial charge on any atom is 0.258 e. The summed E-state index contributed by atoms with van der Waals surface area (Å²) in [6.07, 6.45) is 4.77. The Morgan fingerprint density at radius 1 is 1.14 bits per heavy atom. The number of hydrogen-bond donors (Lipinski definition) is 2. The van der Waals surface area contributed by atoms with Crippen molar-refractivity contribution < 1.29 is 22.7 Å². The van der Waals surface area contributed by atoms with Crippen LogP contribution in [0.5, 0.6) is 5.75 Å². The average Bonchev–Trinajstić information content (AvgIpc) is 3.19. The zero-order chi connectivity index (χ0) is 25.4. The number of fused-ring (bicyclic) bond motifs is 2. The number of aromatic nitrogens is 1. The Bertz CT molecular complexity index is 1410. The number of pyridine rings is 1. The van der Waals surface area contributed by atoms with E-state index in [0.29, 0.717) is 10.9 Å². The summed E-state index contributed by atoms with van der Waals surface area (Å²) in [5.41, 5.74) is 1.61. The standard InChI is InChI=1S/C26H29FN4O4S/c1-17(30-12-3-2-4-13-30)16-36(34,35)29-23-20-6-5-11-28-24(20)25(32)22-21(23)15-31(26(22)33)14-18-7-9-19(27)10-8-18/h5-11,17,29,32H,2-4,12-16H2,1H3. The first-order chi connectivity index (χ1) is 17.2. The summed E-state index contributed by atoms with van der Waals surface area (Å²) in [5.74, 6) is -1.16. The van der Waals surface area contributed by atoms with Crippen molar-refractivity contribution >= 4 is 32.5 Å². The van der Waals surface area contributed by atoms with Gasteiger partial charge in [-0.25, -0.2) is 12.8 Å². The number of hydrogen-bond acceptors (Lipinski definition) is 6. The minimum absolute atomic E-state index is 0.0464. The average molecular weight is 513 g/mol. The second-order valence-corrected chi connectivity index (χ2v) is 11.4. The zero-order valence-corrected chi connectivity index (χ0v) is 20.9. The lowest BCUT2D eigenvalue weighted by molar-refractivity contribution is 0.0764. The van der Waals surface area contributed by atoms with E-state index in [0.717, 1.165) is 37.9 Å². The SMILES string of the molecule is CC(CS(=O)(=O)Nc1c2c(c(O)c3ncccc13)C(=O)N(Cc1ccc(F)cc1)C2)N1CCCCC1. The summed E-state index contributed by atoms with van der Waals surface area (Å²) >= 11 is 0. The Balaban J connectivity index is 1.49. The molecule has 2 aliphatic heterocycles. The van der Waals surface area contributed by atoms with Crippen LogP contribution in [0.15, 0.2) is 42.6 Å². The highest BCUT2D eigenvalue weighted by Crippen LogP contribution is 2.43. The highest BCUT2D eigenvalue weighted by molar-refractivity contribution is 7.92. The number of nitrogens with one attached hydrogen (secondary N) is 1. The molecule has 1 atom stereocenters. The lowest BCUT2D eigenvalue weighted by atomic mass is 10.0. The number of phenolic OH excluding ortho intramolecular Hbond substituents is 1. The summed E-state index contributed by atoms with van der Waals surface area (Å²) in [5, 5.41) is 11.4. The van der Waals surface area contributed by atoms with Crippen molar-refractivity contribution in [3.05, 3.63) is 65.1 Å². The molecule has 2 aromatic carbocycles. The predicted octanol–water partition coefficient (Wildman–Crippen LogP) is 3.85. The van der Waals surface area contributed by atoms with Crippen molar-refractivity contribution in [2.75, 3.05) is 23.6 Å². The Morgan fingerprint density at radius 3 is 2.58 bits per heavy atom. The van der Waals surface area contributed by atoms with E-state index in [-0.39, 0.29) is 53.2 Å². The van der Waals surface area contributed by atoms with Gasteiger partial charge in [-0.3, -0.25) is 19.4 Å². The molecule has 0 spiro atoms. The maximum absolute atomic E-state index is 13.3. The van der Waals surface area contributed by atoms with Crippen LogP contribution >= 0.6 is 0 Å². The van der Waals surface area contributed by atoms with E-state index >= 15 is 0 Å². The summed E-state index contributed by atoms with van der Waals surface area (Å²) < 4.78 is 42.7. The van der Waals surface area contributed by atoms with Gasteiger partial charge in [-0.15, -0.1) is 0 Å². The van der Waals surface area contributed by atoms with Gasteiger partial charge >= 0.3 is 0 Å². The largest absolute Gasteiger partial charge is 0.505 e. The summed E-state index contributed by atoms with van der Waals surface area (Å²) in [6, 6.07) is 9.01.